The number of piperazine rings is 1. The Balaban J connectivity index is 2.03. The summed E-state index contributed by atoms with van der Waals surface area (Å²) in [5.74, 6) is 0.805. The van der Waals surface area contributed by atoms with Crippen LogP contribution in [0.25, 0.3) is 0 Å². The Bertz CT molecular complexity index is 258. The first-order valence-corrected chi connectivity index (χ1v) is 8.05. The average Bonchev–Trinajstić information content (AvgIpc) is 2.84. The van der Waals surface area contributed by atoms with Gasteiger partial charge in [0.15, 0.2) is 0 Å². The Hall–Kier alpha value is -0.0800. The zero-order valence-electron chi connectivity index (χ0n) is 12.8. The second-order valence-corrected chi connectivity index (χ2v) is 7.15. The smallest absolute Gasteiger partial charge is 0.0306 e. The van der Waals surface area contributed by atoms with Gasteiger partial charge in [-0.15, -0.1) is 0 Å². The van der Waals surface area contributed by atoms with E-state index in [2.05, 4.69) is 37.9 Å². The van der Waals surface area contributed by atoms with E-state index in [0.29, 0.717) is 11.6 Å². The summed E-state index contributed by atoms with van der Waals surface area (Å²) in [5.41, 5.74) is 0.391. The van der Waals surface area contributed by atoms with Crippen LogP contribution in [0.2, 0.25) is 0 Å². The fraction of sp³-hybridized carbons (Fsp3) is 1.00. The van der Waals surface area contributed by atoms with Crippen LogP contribution < -0.4 is 5.32 Å². The Kier molecular flexibility index (Phi) is 4.71. The summed E-state index contributed by atoms with van der Waals surface area (Å²) in [4.78, 5) is 2.86. The summed E-state index contributed by atoms with van der Waals surface area (Å²) in [6.07, 6.45) is 8.36. The molecule has 0 radical (unpaired) electrons. The number of nitrogens with one attached hydrogen (secondary N) is 1. The maximum absolute atomic E-state index is 3.80. The van der Waals surface area contributed by atoms with Crippen molar-refractivity contribution in [2.75, 3.05) is 13.1 Å². The van der Waals surface area contributed by atoms with Crippen molar-refractivity contribution in [3.63, 3.8) is 0 Å². The molecule has 2 atom stereocenters. The van der Waals surface area contributed by atoms with Gasteiger partial charge < -0.3 is 5.32 Å². The van der Waals surface area contributed by atoms with Gasteiger partial charge in [0, 0.05) is 30.7 Å². The molecule has 1 aliphatic heterocycles. The normalized spacial score (nSPS) is 35.5. The first-order chi connectivity index (χ1) is 8.55. The summed E-state index contributed by atoms with van der Waals surface area (Å²) in [5, 5.41) is 3.80. The SMILES string of the molecule is CCC1(C)CNC(CC(C)C)CN1C1CCCC1. The van der Waals surface area contributed by atoms with E-state index in [1.165, 1.54) is 51.6 Å². The fourth-order valence-corrected chi connectivity index (χ4v) is 3.85. The molecule has 0 aromatic heterocycles. The molecular weight excluding hydrogens is 220 g/mol. The molecule has 0 aromatic rings. The molecule has 0 amide bonds. The standard InChI is InChI=1S/C16H32N2/c1-5-16(4)12-17-14(10-13(2)3)11-18(16)15-8-6-7-9-15/h13-15,17H,5-12H2,1-4H3. The molecule has 0 bridgehead atoms. The molecule has 2 nitrogen and oxygen atoms in total. The molecular formula is C16H32N2. The largest absolute Gasteiger partial charge is 0.311 e. The van der Waals surface area contributed by atoms with Crippen LogP contribution in [0.15, 0.2) is 0 Å². The number of rotatable bonds is 4. The average molecular weight is 252 g/mol. The zero-order valence-corrected chi connectivity index (χ0v) is 12.8. The molecule has 2 fully saturated rings. The molecule has 1 heterocycles. The molecule has 2 unspecified atom stereocenters. The van der Waals surface area contributed by atoms with Crippen molar-refractivity contribution in [1.29, 1.82) is 0 Å². The molecule has 1 N–H and O–H groups in total. The van der Waals surface area contributed by atoms with Crippen LogP contribution in [-0.4, -0.2) is 35.6 Å². The van der Waals surface area contributed by atoms with Gasteiger partial charge in [0.05, 0.1) is 0 Å². The lowest BCUT2D eigenvalue weighted by atomic mass is 9.88. The second kappa shape index (κ2) is 5.92. The molecule has 1 saturated heterocycles. The summed E-state index contributed by atoms with van der Waals surface area (Å²) in [6, 6.07) is 1.58. The summed E-state index contributed by atoms with van der Waals surface area (Å²) in [7, 11) is 0. The van der Waals surface area contributed by atoms with Crippen LogP contribution in [0.1, 0.15) is 66.2 Å². The minimum Gasteiger partial charge on any atom is -0.311 e. The molecule has 2 aliphatic rings. The lowest BCUT2D eigenvalue weighted by Gasteiger charge is -2.51. The first-order valence-electron chi connectivity index (χ1n) is 8.05. The molecule has 2 heteroatoms. The topological polar surface area (TPSA) is 15.3 Å². The van der Waals surface area contributed by atoms with Crippen LogP contribution in [-0.2, 0) is 0 Å². The van der Waals surface area contributed by atoms with Gasteiger partial charge in [-0.3, -0.25) is 4.90 Å². The third-order valence-corrected chi connectivity index (χ3v) is 5.17. The van der Waals surface area contributed by atoms with E-state index in [0.717, 1.165) is 12.0 Å². The van der Waals surface area contributed by atoms with Crippen LogP contribution in [0.5, 0.6) is 0 Å². The summed E-state index contributed by atoms with van der Waals surface area (Å²) < 4.78 is 0. The Labute approximate surface area is 114 Å². The monoisotopic (exact) mass is 252 g/mol. The predicted octanol–water partition coefficient (Wildman–Crippen LogP) is 3.42. The molecule has 106 valence electrons. The van der Waals surface area contributed by atoms with E-state index in [4.69, 9.17) is 0 Å². The fourth-order valence-electron chi connectivity index (χ4n) is 3.85. The van der Waals surface area contributed by atoms with E-state index >= 15 is 0 Å². The van der Waals surface area contributed by atoms with E-state index in [1.54, 1.807) is 0 Å². The maximum atomic E-state index is 3.80. The lowest BCUT2D eigenvalue weighted by Crippen LogP contribution is -2.65. The van der Waals surface area contributed by atoms with E-state index in [9.17, 15) is 0 Å². The Morgan fingerprint density at radius 3 is 2.50 bits per heavy atom. The van der Waals surface area contributed by atoms with Gasteiger partial charge in [0.2, 0.25) is 0 Å². The summed E-state index contributed by atoms with van der Waals surface area (Å²) in [6.45, 7) is 11.9. The molecule has 0 aromatic carbocycles. The quantitative estimate of drug-likeness (QED) is 0.825. The van der Waals surface area contributed by atoms with Crippen molar-refractivity contribution in [2.45, 2.75) is 83.8 Å². The van der Waals surface area contributed by atoms with Crippen molar-refractivity contribution >= 4 is 0 Å². The number of hydrogen-bond donors (Lipinski definition) is 1. The number of nitrogens with zero attached hydrogens (tertiary/aromatic N) is 1. The van der Waals surface area contributed by atoms with Crippen LogP contribution in [0, 0.1) is 5.92 Å². The third-order valence-electron chi connectivity index (χ3n) is 5.17. The molecule has 1 aliphatic carbocycles. The first kappa shape index (κ1) is 14.3. The molecule has 0 spiro atoms. The molecule has 18 heavy (non-hydrogen) atoms. The van der Waals surface area contributed by atoms with Gasteiger partial charge in [-0.1, -0.05) is 33.6 Å². The highest BCUT2D eigenvalue weighted by atomic mass is 15.3. The second-order valence-electron chi connectivity index (χ2n) is 7.15. The number of hydrogen-bond acceptors (Lipinski definition) is 2. The van der Waals surface area contributed by atoms with Gasteiger partial charge in [-0.2, -0.15) is 0 Å². The highest BCUT2D eigenvalue weighted by Crippen LogP contribution is 2.33. The van der Waals surface area contributed by atoms with Gasteiger partial charge in [0.25, 0.3) is 0 Å². The van der Waals surface area contributed by atoms with Crippen molar-refractivity contribution in [1.82, 2.24) is 10.2 Å². The summed E-state index contributed by atoms with van der Waals surface area (Å²) >= 11 is 0. The Morgan fingerprint density at radius 1 is 1.28 bits per heavy atom. The van der Waals surface area contributed by atoms with E-state index in [-0.39, 0.29) is 0 Å². The highest BCUT2D eigenvalue weighted by Gasteiger charge is 2.40. The Morgan fingerprint density at radius 2 is 1.94 bits per heavy atom. The van der Waals surface area contributed by atoms with Crippen LogP contribution in [0.3, 0.4) is 0 Å². The lowest BCUT2D eigenvalue weighted by molar-refractivity contribution is 0.00869. The van der Waals surface area contributed by atoms with Crippen molar-refractivity contribution in [2.24, 2.45) is 5.92 Å². The van der Waals surface area contributed by atoms with E-state index < -0.39 is 0 Å². The van der Waals surface area contributed by atoms with E-state index in [1.807, 2.05) is 0 Å². The zero-order chi connectivity index (χ0) is 13.2. The van der Waals surface area contributed by atoms with Gasteiger partial charge in [0.1, 0.15) is 0 Å². The maximum Gasteiger partial charge on any atom is 0.0306 e. The minimum atomic E-state index is 0.391. The molecule has 1 saturated carbocycles. The van der Waals surface area contributed by atoms with Crippen molar-refractivity contribution < 1.29 is 0 Å². The van der Waals surface area contributed by atoms with Gasteiger partial charge >= 0.3 is 0 Å². The predicted molar refractivity (Wildman–Crippen MR) is 78.9 cm³/mol. The van der Waals surface area contributed by atoms with Crippen LogP contribution in [0.4, 0.5) is 0 Å². The third kappa shape index (κ3) is 3.08. The van der Waals surface area contributed by atoms with Gasteiger partial charge in [-0.25, -0.2) is 0 Å². The highest BCUT2D eigenvalue weighted by molar-refractivity contribution is 4.99. The van der Waals surface area contributed by atoms with Crippen molar-refractivity contribution in [3.8, 4) is 0 Å². The molecule has 2 rings (SSSR count). The van der Waals surface area contributed by atoms with Crippen LogP contribution >= 0.6 is 0 Å². The van der Waals surface area contributed by atoms with Gasteiger partial charge in [-0.05, 0) is 38.5 Å². The van der Waals surface area contributed by atoms with Crippen molar-refractivity contribution in [3.05, 3.63) is 0 Å². The minimum absolute atomic E-state index is 0.391.